The lowest BCUT2D eigenvalue weighted by molar-refractivity contribution is 0.949. The zero-order valence-corrected chi connectivity index (χ0v) is 13.6. The molecule has 20 heavy (non-hydrogen) atoms. The quantitative estimate of drug-likeness (QED) is 0.788. The molecule has 2 nitrogen and oxygen atoms in total. The molecule has 0 aliphatic carbocycles. The van der Waals surface area contributed by atoms with Crippen LogP contribution < -0.4 is 10.2 Å². The van der Waals surface area contributed by atoms with Gasteiger partial charge in [0, 0.05) is 34.6 Å². The van der Waals surface area contributed by atoms with Crippen molar-refractivity contribution in [1.29, 1.82) is 0 Å². The molecule has 2 aromatic rings. The number of hydrogen-bond donors (Lipinski definition) is 1. The maximum Gasteiger partial charge on any atom is 0.0478 e. The fraction of sp³-hybridized carbons (Fsp3) is 0.294. The highest BCUT2D eigenvalue weighted by molar-refractivity contribution is 14.1. The van der Waals surface area contributed by atoms with E-state index in [1.807, 2.05) is 0 Å². The van der Waals surface area contributed by atoms with Gasteiger partial charge >= 0.3 is 0 Å². The van der Waals surface area contributed by atoms with E-state index in [-0.39, 0.29) is 0 Å². The molecule has 0 atom stereocenters. The summed E-state index contributed by atoms with van der Waals surface area (Å²) in [7, 11) is 0. The molecular formula is C17H19IN2. The van der Waals surface area contributed by atoms with Gasteiger partial charge in [-0.25, -0.2) is 0 Å². The van der Waals surface area contributed by atoms with Gasteiger partial charge in [0.05, 0.1) is 0 Å². The molecular weight excluding hydrogens is 359 g/mol. The highest BCUT2D eigenvalue weighted by Crippen LogP contribution is 2.26. The van der Waals surface area contributed by atoms with Crippen LogP contribution in [-0.4, -0.2) is 13.1 Å². The standard InChI is InChI=1S/C17H19IN2/c18-15-8-2-3-9-16(15)19-13-14-7-1-4-10-17(14)20-11-5-6-12-20/h1-4,7-10,19H,5-6,11-13H2. The molecule has 0 radical (unpaired) electrons. The van der Waals surface area contributed by atoms with Crippen molar-refractivity contribution < 1.29 is 0 Å². The second kappa shape index (κ2) is 6.48. The molecule has 0 saturated carbocycles. The summed E-state index contributed by atoms with van der Waals surface area (Å²) in [4.78, 5) is 2.51. The van der Waals surface area contributed by atoms with E-state index in [4.69, 9.17) is 0 Å². The lowest BCUT2D eigenvalue weighted by atomic mass is 10.1. The first-order chi connectivity index (χ1) is 9.84. The smallest absolute Gasteiger partial charge is 0.0478 e. The summed E-state index contributed by atoms with van der Waals surface area (Å²) >= 11 is 2.38. The Kier molecular flexibility index (Phi) is 4.45. The Bertz CT molecular complexity index is 577. The Hall–Kier alpha value is -1.23. The summed E-state index contributed by atoms with van der Waals surface area (Å²) in [6.45, 7) is 3.27. The van der Waals surface area contributed by atoms with E-state index in [1.165, 1.54) is 46.4 Å². The molecule has 0 spiro atoms. The molecule has 3 rings (SSSR count). The van der Waals surface area contributed by atoms with E-state index in [0.29, 0.717) is 0 Å². The van der Waals surface area contributed by atoms with Crippen LogP contribution in [0.5, 0.6) is 0 Å². The van der Waals surface area contributed by atoms with E-state index in [0.717, 1.165) is 6.54 Å². The van der Waals surface area contributed by atoms with Crippen molar-refractivity contribution in [2.75, 3.05) is 23.3 Å². The molecule has 0 unspecified atom stereocenters. The number of benzene rings is 2. The van der Waals surface area contributed by atoms with Gasteiger partial charge in [-0.05, 0) is 59.2 Å². The zero-order chi connectivity index (χ0) is 13.8. The van der Waals surface area contributed by atoms with Crippen molar-refractivity contribution in [2.24, 2.45) is 0 Å². The molecule has 1 N–H and O–H groups in total. The van der Waals surface area contributed by atoms with Gasteiger partial charge in [0.25, 0.3) is 0 Å². The highest BCUT2D eigenvalue weighted by Gasteiger charge is 2.15. The molecule has 1 fully saturated rings. The van der Waals surface area contributed by atoms with E-state index in [1.54, 1.807) is 0 Å². The van der Waals surface area contributed by atoms with Gasteiger partial charge in [0.1, 0.15) is 0 Å². The third-order valence-corrected chi connectivity index (χ3v) is 4.72. The van der Waals surface area contributed by atoms with Crippen molar-refractivity contribution in [3.63, 3.8) is 0 Å². The molecule has 0 aromatic heterocycles. The number of rotatable bonds is 4. The molecule has 1 aliphatic heterocycles. The zero-order valence-electron chi connectivity index (χ0n) is 11.5. The van der Waals surface area contributed by atoms with Gasteiger partial charge in [0.15, 0.2) is 0 Å². The summed E-state index contributed by atoms with van der Waals surface area (Å²) in [5.41, 5.74) is 3.99. The van der Waals surface area contributed by atoms with Crippen LogP contribution in [0.2, 0.25) is 0 Å². The molecule has 0 bridgehead atoms. The van der Waals surface area contributed by atoms with Crippen LogP contribution >= 0.6 is 22.6 Å². The van der Waals surface area contributed by atoms with Crippen LogP contribution in [0.4, 0.5) is 11.4 Å². The van der Waals surface area contributed by atoms with E-state index >= 15 is 0 Å². The van der Waals surface area contributed by atoms with E-state index in [9.17, 15) is 0 Å². The molecule has 1 aliphatic rings. The van der Waals surface area contributed by atoms with Crippen molar-refractivity contribution >= 4 is 34.0 Å². The predicted molar refractivity (Wildman–Crippen MR) is 94.4 cm³/mol. The Morgan fingerprint density at radius 2 is 1.65 bits per heavy atom. The van der Waals surface area contributed by atoms with Crippen LogP contribution in [0.25, 0.3) is 0 Å². The van der Waals surface area contributed by atoms with Crippen molar-refractivity contribution in [1.82, 2.24) is 0 Å². The minimum absolute atomic E-state index is 0.882. The van der Waals surface area contributed by atoms with Crippen LogP contribution in [-0.2, 0) is 6.54 Å². The average molecular weight is 378 g/mol. The van der Waals surface area contributed by atoms with Crippen LogP contribution in [0.1, 0.15) is 18.4 Å². The third-order valence-electron chi connectivity index (χ3n) is 3.78. The Labute approximate surface area is 134 Å². The summed E-state index contributed by atoms with van der Waals surface area (Å²) in [5.74, 6) is 0. The van der Waals surface area contributed by atoms with Gasteiger partial charge in [-0.2, -0.15) is 0 Å². The fourth-order valence-corrected chi connectivity index (χ4v) is 3.30. The molecule has 1 heterocycles. The SMILES string of the molecule is Ic1ccccc1NCc1ccccc1N1CCCC1. The minimum atomic E-state index is 0.882. The number of para-hydroxylation sites is 2. The van der Waals surface area contributed by atoms with Gasteiger partial charge in [-0.15, -0.1) is 0 Å². The largest absolute Gasteiger partial charge is 0.380 e. The number of halogens is 1. The molecule has 3 heteroatoms. The Morgan fingerprint density at radius 1 is 0.950 bits per heavy atom. The maximum absolute atomic E-state index is 3.56. The van der Waals surface area contributed by atoms with Crippen molar-refractivity contribution in [2.45, 2.75) is 19.4 Å². The van der Waals surface area contributed by atoms with E-state index in [2.05, 4.69) is 81.3 Å². The van der Waals surface area contributed by atoms with Gasteiger partial charge < -0.3 is 10.2 Å². The Balaban J connectivity index is 1.76. The Morgan fingerprint density at radius 3 is 2.45 bits per heavy atom. The van der Waals surface area contributed by atoms with Gasteiger partial charge in [0.2, 0.25) is 0 Å². The number of nitrogens with one attached hydrogen (secondary N) is 1. The second-order valence-electron chi connectivity index (χ2n) is 5.16. The normalized spacial score (nSPS) is 14.6. The van der Waals surface area contributed by atoms with Crippen LogP contribution in [0.3, 0.4) is 0 Å². The monoisotopic (exact) mass is 378 g/mol. The summed E-state index contributed by atoms with van der Waals surface area (Å²) in [6.07, 6.45) is 2.64. The maximum atomic E-state index is 3.56. The lowest BCUT2D eigenvalue weighted by Gasteiger charge is -2.22. The molecule has 1 saturated heterocycles. The minimum Gasteiger partial charge on any atom is -0.380 e. The first kappa shape index (κ1) is 13.7. The van der Waals surface area contributed by atoms with Crippen LogP contribution in [0, 0.1) is 3.57 Å². The topological polar surface area (TPSA) is 15.3 Å². The van der Waals surface area contributed by atoms with Crippen LogP contribution in [0.15, 0.2) is 48.5 Å². The number of anilines is 2. The number of nitrogens with zero attached hydrogens (tertiary/aromatic N) is 1. The molecule has 2 aromatic carbocycles. The van der Waals surface area contributed by atoms with Crippen molar-refractivity contribution in [3.05, 3.63) is 57.7 Å². The van der Waals surface area contributed by atoms with Gasteiger partial charge in [-0.3, -0.25) is 0 Å². The first-order valence-corrected chi connectivity index (χ1v) is 8.24. The lowest BCUT2D eigenvalue weighted by Crippen LogP contribution is -2.20. The van der Waals surface area contributed by atoms with E-state index < -0.39 is 0 Å². The second-order valence-corrected chi connectivity index (χ2v) is 6.32. The molecule has 0 amide bonds. The third kappa shape index (κ3) is 3.08. The number of hydrogen-bond acceptors (Lipinski definition) is 2. The summed E-state index contributed by atoms with van der Waals surface area (Å²) < 4.78 is 1.27. The average Bonchev–Trinajstić information content (AvgIpc) is 3.01. The first-order valence-electron chi connectivity index (χ1n) is 7.16. The molecule has 104 valence electrons. The van der Waals surface area contributed by atoms with Crippen molar-refractivity contribution in [3.8, 4) is 0 Å². The fourth-order valence-electron chi connectivity index (χ4n) is 2.72. The predicted octanol–water partition coefficient (Wildman–Crippen LogP) is 4.50. The summed E-state index contributed by atoms with van der Waals surface area (Å²) in [5, 5.41) is 3.56. The summed E-state index contributed by atoms with van der Waals surface area (Å²) in [6, 6.07) is 17.2. The van der Waals surface area contributed by atoms with Gasteiger partial charge in [-0.1, -0.05) is 30.3 Å². The highest BCUT2D eigenvalue weighted by atomic mass is 127.